The van der Waals surface area contributed by atoms with Gasteiger partial charge in [-0.1, -0.05) is 18.9 Å². The summed E-state index contributed by atoms with van der Waals surface area (Å²) in [6.45, 7) is 4.34. The van der Waals surface area contributed by atoms with Crippen LogP contribution >= 0.6 is 0 Å². The van der Waals surface area contributed by atoms with Crippen LogP contribution in [-0.4, -0.2) is 24.2 Å². The topological polar surface area (TPSA) is 42.9 Å². The van der Waals surface area contributed by atoms with E-state index in [-0.39, 0.29) is 24.5 Å². The van der Waals surface area contributed by atoms with E-state index >= 15 is 0 Å². The summed E-state index contributed by atoms with van der Waals surface area (Å²) in [7, 11) is 0. The maximum atomic E-state index is 12.5. The summed E-state index contributed by atoms with van der Waals surface area (Å²) in [5.74, 6) is 1.72. The molecule has 25 heavy (non-hydrogen) atoms. The van der Waals surface area contributed by atoms with Gasteiger partial charge in [0.2, 0.25) is 0 Å². The van der Waals surface area contributed by atoms with Crippen molar-refractivity contribution in [1.29, 1.82) is 0 Å². The van der Waals surface area contributed by atoms with Crippen LogP contribution in [0.2, 0.25) is 0 Å². The van der Waals surface area contributed by atoms with E-state index in [1.807, 2.05) is 6.92 Å². The third-order valence-corrected chi connectivity index (χ3v) is 6.85. The van der Waals surface area contributed by atoms with Gasteiger partial charge in [-0.3, -0.25) is 0 Å². The predicted octanol–water partition coefficient (Wildman–Crippen LogP) is 0.119. The standard InChI is InChI=1S/C21H31NO2.ClH/c1-13-6-5-9-19(22-13)17-11-10-15-7-3-4-8-16(15)20(17)18-12-14(2)24-21(18)23;/h11-16,19-20,22H,3-10H2,1-2H3;1H/t13-,14-,15-,16+,19-,20-;/m0./s1. The SMILES string of the molecule is C[C@H]1CCC[C@@H](C2=CC[C@@H]3CCCC[C@H]3[C@@H]2C2=C[C@H](C)OC2=O)[NH2+]1.[Cl-]. The van der Waals surface area contributed by atoms with E-state index in [2.05, 4.69) is 24.4 Å². The first-order valence-corrected chi connectivity index (χ1v) is 10.1. The number of halogens is 1. The molecule has 0 bridgehead atoms. The van der Waals surface area contributed by atoms with Crippen LogP contribution in [0.15, 0.2) is 23.3 Å². The number of cyclic esters (lactones) is 1. The summed E-state index contributed by atoms with van der Waals surface area (Å²) in [6.07, 6.45) is 15.0. The Balaban J connectivity index is 0.00000182. The molecular weight excluding hydrogens is 334 g/mol. The fraction of sp³-hybridized carbons (Fsp3) is 0.762. The largest absolute Gasteiger partial charge is 1.00 e. The van der Waals surface area contributed by atoms with Gasteiger partial charge in [0.05, 0.1) is 6.04 Å². The monoisotopic (exact) mass is 365 g/mol. The summed E-state index contributed by atoms with van der Waals surface area (Å²) < 4.78 is 5.49. The van der Waals surface area contributed by atoms with Gasteiger partial charge >= 0.3 is 5.97 Å². The number of allylic oxidation sites excluding steroid dienone is 1. The van der Waals surface area contributed by atoms with Gasteiger partial charge in [-0.25, -0.2) is 4.79 Å². The summed E-state index contributed by atoms with van der Waals surface area (Å²) in [5, 5.41) is 2.57. The molecule has 0 unspecified atom stereocenters. The lowest BCUT2D eigenvalue weighted by Crippen LogP contribution is -3.00. The van der Waals surface area contributed by atoms with Crippen LogP contribution in [0.25, 0.3) is 0 Å². The van der Waals surface area contributed by atoms with Crippen molar-refractivity contribution < 1.29 is 27.3 Å². The number of quaternary nitrogens is 1. The highest BCUT2D eigenvalue weighted by Crippen LogP contribution is 2.48. The van der Waals surface area contributed by atoms with Gasteiger partial charge in [-0.2, -0.15) is 0 Å². The van der Waals surface area contributed by atoms with E-state index in [0.29, 0.717) is 23.9 Å². The second kappa shape index (κ2) is 7.84. The number of carbonyl (C=O) groups excluding carboxylic acids is 1. The number of fused-ring (bicyclic) bond motifs is 1. The first kappa shape index (κ1) is 19.0. The number of hydrogen-bond acceptors (Lipinski definition) is 2. The first-order chi connectivity index (χ1) is 11.6. The highest BCUT2D eigenvalue weighted by atomic mass is 35.5. The van der Waals surface area contributed by atoms with Gasteiger partial charge in [0.15, 0.2) is 0 Å². The van der Waals surface area contributed by atoms with Gasteiger partial charge in [0.25, 0.3) is 0 Å². The summed E-state index contributed by atoms with van der Waals surface area (Å²) in [6, 6.07) is 1.28. The number of carbonyl (C=O) groups is 1. The molecule has 0 aromatic rings. The molecule has 0 radical (unpaired) electrons. The molecule has 2 N–H and O–H groups in total. The number of esters is 1. The highest BCUT2D eigenvalue weighted by Gasteiger charge is 2.45. The molecular formula is C21H32ClNO2. The number of rotatable bonds is 2. The Hall–Kier alpha value is -0.800. The molecule has 2 aliphatic heterocycles. The molecule has 4 aliphatic rings. The molecule has 2 heterocycles. The third-order valence-electron chi connectivity index (χ3n) is 6.85. The molecule has 3 nitrogen and oxygen atoms in total. The van der Waals surface area contributed by atoms with Crippen molar-refractivity contribution in [3.63, 3.8) is 0 Å². The molecule has 1 saturated heterocycles. The quantitative estimate of drug-likeness (QED) is 0.558. The minimum Gasteiger partial charge on any atom is -1.00 e. The van der Waals surface area contributed by atoms with Gasteiger partial charge in [-0.15, -0.1) is 0 Å². The Morgan fingerprint density at radius 1 is 1.08 bits per heavy atom. The van der Waals surface area contributed by atoms with Crippen LogP contribution in [0, 0.1) is 17.8 Å². The molecule has 6 atom stereocenters. The Labute approximate surface area is 158 Å². The van der Waals surface area contributed by atoms with Gasteiger partial charge < -0.3 is 22.5 Å². The highest BCUT2D eigenvalue weighted by molar-refractivity contribution is 5.92. The second-order valence-corrected chi connectivity index (χ2v) is 8.57. The van der Waals surface area contributed by atoms with Gasteiger partial charge in [-0.05, 0) is 69.4 Å². The fourth-order valence-electron chi connectivity index (χ4n) is 5.77. The van der Waals surface area contributed by atoms with Gasteiger partial charge in [0.1, 0.15) is 12.1 Å². The fourth-order valence-corrected chi connectivity index (χ4v) is 5.77. The Bertz CT molecular complexity index is 570. The normalized spacial score (nSPS) is 41.1. The van der Waals surface area contributed by atoms with Crippen LogP contribution in [0.4, 0.5) is 0 Å². The van der Waals surface area contributed by atoms with Crippen molar-refractivity contribution in [3.8, 4) is 0 Å². The summed E-state index contributed by atoms with van der Waals surface area (Å²) in [4.78, 5) is 12.5. The third kappa shape index (κ3) is 3.68. The minimum atomic E-state index is -0.0491. The molecule has 4 rings (SSSR count). The molecule has 0 spiro atoms. The summed E-state index contributed by atoms with van der Waals surface area (Å²) >= 11 is 0. The molecule has 140 valence electrons. The predicted molar refractivity (Wildman–Crippen MR) is 94.3 cm³/mol. The zero-order valence-corrected chi connectivity index (χ0v) is 16.3. The molecule has 1 saturated carbocycles. The number of hydrogen-bond donors (Lipinski definition) is 1. The van der Waals surface area contributed by atoms with Crippen molar-refractivity contribution >= 4 is 5.97 Å². The first-order valence-electron chi connectivity index (χ1n) is 10.1. The van der Waals surface area contributed by atoms with E-state index in [1.54, 1.807) is 5.57 Å². The second-order valence-electron chi connectivity index (χ2n) is 8.57. The molecule has 4 heteroatoms. The van der Waals surface area contributed by atoms with Crippen molar-refractivity contribution in [2.75, 3.05) is 0 Å². The van der Waals surface area contributed by atoms with E-state index < -0.39 is 0 Å². The van der Waals surface area contributed by atoms with Crippen LogP contribution in [-0.2, 0) is 9.53 Å². The number of piperidine rings is 1. The smallest absolute Gasteiger partial charge is 0.335 e. The number of nitrogens with two attached hydrogens (primary N) is 1. The molecule has 0 aromatic heterocycles. The summed E-state index contributed by atoms with van der Waals surface area (Å²) in [5.41, 5.74) is 2.54. The van der Waals surface area contributed by atoms with E-state index in [9.17, 15) is 4.79 Å². The van der Waals surface area contributed by atoms with Crippen LogP contribution in [0.5, 0.6) is 0 Å². The average molecular weight is 366 g/mol. The Kier molecular flexibility index (Phi) is 5.95. The Morgan fingerprint density at radius 3 is 2.60 bits per heavy atom. The van der Waals surface area contributed by atoms with E-state index in [0.717, 1.165) is 11.5 Å². The zero-order valence-electron chi connectivity index (χ0n) is 15.5. The molecule has 2 aliphatic carbocycles. The maximum Gasteiger partial charge on any atom is 0.335 e. The zero-order chi connectivity index (χ0) is 16.7. The molecule has 0 amide bonds. The van der Waals surface area contributed by atoms with Crippen LogP contribution < -0.4 is 17.7 Å². The molecule has 0 aromatic carbocycles. The van der Waals surface area contributed by atoms with E-state index in [1.165, 1.54) is 51.4 Å². The average Bonchev–Trinajstić information content (AvgIpc) is 2.92. The number of ether oxygens (including phenoxy) is 1. The van der Waals surface area contributed by atoms with Crippen molar-refractivity contribution in [2.45, 2.75) is 83.4 Å². The Morgan fingerprint density at radius 2 is 1.88 bits per heavy atom. The van der Waals surface area contributed by atoms with Crippen LogP contribution in [0.1, 0.15) is 65.2 Å². The van der Waals surface area contributed by atoms with Crippen LogP contribution in [0.3, 0.4) is 0 Å². The van der Waals surface area contributed by atoms with Crippen molar-refractivity contribution in [3.05, 3.63) is 23.3 Å². The lowest BCUT2D eigenvalue weighted by Gasteiger charge is -2.43. The lowest BCUT2D eigenvalue weighted by molar-refractivity contribution is -0.720. The maximum absolute atomic E-state index is 12.5. The van der Waals surface area contributed by atoms with Crippen molar-refractivity contribution in [1.82, 2.24) is 0 Å². The van der Waals surface area contributed by atoms with Crippen molar-refractivity contribution in [2.24, 2.45) is 17.8 Å². The minimum absolute atomic E-state index is 0. The van der Waals surface area contributed by atoms with Gasteiger partial charge in [0, 0.05) is 17.9 Å². The van der Waals surface area contributed by atoms with E-state index in [4.69, 9.17) is 4.74 Å². The molecule has 2 fully saturated rings. The lowest BCUT2D eigenvalue weighted by atomic mass is 9.61.